The standard InChI is InChI=1S/C16H27N5O2/c1-12(22)19-16(7-5-3-4-6-8-16)13-18-14(23-20-13)15(17)9-10-21(2)11-15/h3-11,17H2,1-2H3,(H,19,22). The first kappa shape index (κ1) is 16.4. The number of likely N-dealkylation sites (tertiary alicyclic amines) is 1. The number of nitrogens with zero attached hydrogens (tertiary/aromatic N) is 3. The molecule has 23 heavy (non-hydrogen) atoms. The van der Waals surface area contributed by atoms with E-state index >= 15 is 0 Å². The summed E-state index contributed by atoms with van der Waals surface area (Å²) in [6.45, 7) is 3.18. The smallest absolute Gasteiger partial charge is 0.248 e. The summed E-state index contributed by atoms with van der Waals surface area (Å²) in [5.41, 5.74) is 5.37. The molecule has 3 N–H and O–H groups in total. The molecule has 1 aliphatic carbocycles. The van der Waals surface area contributed by atoms with Crippen LogP contribution in [0.2, 0.25) is 0 Å². The van der Waals surface area contributed by atoms with E-state index < -0.39 is 11.1 Å². The average molecular weight is 321 g/mol. The molecular formula is C16H27N5O2. The molecule has 3 rings (SSSR count). The zero-order valence-corrected chi connectivity index (χ0v) is 14.1. The Bertz CT molecular complexity index is 565. The zero-order valence-electron chi connectivity index (χ0n) is 14.1. The quantitative estimate of drug-likeness (QED) is 0.813. The lowest BCUT2D eigenvalue weighted by molar-refractivity contribution is -0.121. The average Bonchev–Trinajstić information content (AvgIpc) is 3.04. The van der Waals surface area contributed by atoms with Crippen LogP contribution in [-0.4, -0.2) is 41.1 Å². The molecule has 1 amide bonds. The summed E-state index contributed by atoms with van der Waals surface area (Å²) in [7, 11) is 2.04. The first-order valence-electron chi connectivity index (χ1n) is 8.54. The largest absolute Gasteiger partial charge is 0.343 e. The van der Waals surface area contributed by atoms with E-state index in [1.807, 2.05) is 7.05 Å². The van der Waals surface area contributed by atoms with Gasteiger partial charge in [-0.3, -0.25) is 4.79 Å². The molecule has 1 aromatic heterocycles. The van der Waals surface area contributed by atoms with Crippen LogP contribution in [0.1, 0.15) is 63.6 Å². The fourth-order valence-electron chi connectivity index (χ4n) is 3.90. The monoisotopic (exact) mass is 321 g/mol. The Labute approximate surface area is 137 Å². The Morgan fingerprint density at radius 1 is 1.26 bits per heavy atom. The Morgan fingerprint density at radius 3 is 2.52 bits per heavy atom. The summed E-state index contributed by atoms with van der Waals surface area (Å²) in [5.74, 6) is 1.02. The van der Waals surface area contributed by atoms with Gasteiger partial charge in [-0.05, 0) is 26.3 Å². The van der Waals surface area contributed by atoms with E-state index in [1.54, 1.807) is 6.92 Å². The highest BCUT2D eigenvalue weighted by atomic mass is 16.5. The number of hydrogen-bond donors (Lipinski definition) is 2. The molecule has 1 saturated carbocycles. The first-order chi connectivity index (χ1) is 10.9. The van der Waals surface area contributed by atoms with Gasteiger partial charge in [0.2, 0.25) is 11.8 Å². The normalized spacial score (nSPS) is 28.5. The van der Waals surface area contributed by atoms with Crippen LogP contribution >= 0.6 is 0 Å². The molecule has 7 nitrogen and oxygen atoms in total. The molecule has 7 heteroatoms. The minimum Gasteiger partial charge on any atom is -0.343 e. The lowest BCUT2D eigenvalue weighted by atomic mass is 9.89. The van der Waals surface area contributed by atoms with Crippen molar-refractivity contribution in [1.29, 1.82) is 0 Å². The van der Waals surface area contributed by atoms with Crippen LogP contribution in [0, 0.1) is 0 Å². The van der Waals surface area contributed by atoms with E-state index in [2.05, 4.69) is 20.4 Å². The molecule has 1 aliphatic heterocycles. The van der Waals surface area contributed by atoms with Crippen LogP contribution in [0.3, 0.4) is 0 Å². The second kappa shape index (κ2) is 6.20. The molecule has 2 fully saturated rings. The number of rotatable bonds is 3. The predicted octanol–water partition coefficient (Wildman–Crippen LogP) is 1.24. The van der Waals surface area contributed by atoms with E-state index in [0.717, 1.165) is 38.6 Å². The second-order valence-corrected chi connectivity index (χ2v) is 7.24. The number of carbonyl (C=O) groups excluding carboxylic acids is 1. The van der Waals surface area contributed by atoms with Crippen LogP contribution in [-0.2, 0) is 15.9 Å². The third-order valence-corrected chi connectivity index (χ3v) is 5.14. The van der Waals surface area contributed by atoms with Crippen LogP contribution in [0.25, 0.3) is 0 Å². The van der Waals surface area contributed by atoms with E-state index in [-0.39, 0.29) is 5.91 Å². The van der Waals surface area contributed by atoms with Gasteiger partial charge in [-0.25, -0.2) is 0 Å². The van der Waals surface area contributed by atoms with Gasteiger partial charge in [-0.2, -0.15) is 4.98 Å². The van der Waals surface area contributed by atoms with Gasteiger partial charge in [0.05, 0.1) is 0 Å². The molecule has 1 saturated heterocycles. The fourth-order valence-corrected chi connectivity index (χ4v) is 3.90. The van der Waals surface area contributed by atoms with Crippen molar-refractivity contribution >= 4 is 5.91 Å². The fraction of sp³-hybridized carbons (Fsp3) is 0.812. The molecule has 1 atom stereocenters. The lowest BCUT2D eigenvalue weighted by Crippen LogP contribution is -2.46. The van der Waals surface area contributed by atoms with Crippen molar-refractivity contribution in [3.05, 3.63) is 11.7 Å². The van der Waals surface area contributed by atoms with Gasteiger partial charge in [0.25, 0.3) is 0 Å². The van der Waals surface area contributed by atoms with E-state index in [4.69, 9.17) is 10.3 Å². The summed E-state index contributed by atoms with van der Waals surface area (Å²) in [5, 5.41) is 7.32. The lowest BCUT2D eigenvalue weighted by Gasteiger charge is -2.30. The highest BCUT2D eigenvalue weighted by Crippen LogP contribution is 2.36. The third-order valence-electron chi connectivity index (χ3n) is 5.14. The maximum atomic E-state index is 11.7. The molecule has 0 spiro atoms. The van der Waals surface area contributed by atoms with Crippen LogP contribution in [0.4, 0.5) is 0 Å². The number of likely N-dealkylation sites (N-methyl/N-ethyl adjacent to an activating group) is 1. The summed E-state index contributed by atoms with van der Waals surface area (Å²) < 4.78 is 5.54. The Kier molecular flexibility index (Phi) is 4.42. The van der Waals surface area contributed by atoms with Crippen molar-refractivity contribution in [2.24, 2.45) is 5.73 Å². The van der Waals surface area contributed by atoms with Gasteiger partial charge in [0, 0.05) is 20.0 Å². The third kappa shape index (κ3) is 3.26. The maximum Gasteiger partial charge on any atom is 0.248 e. The van der Waals surface area contributed by atoms with Gasteiger partial charge in [-0.1, -0.05) is 30.8 Å². The minimum absolute atomic E-state index is 0.0543. The first-order valence-corrected chi connectivity index (χ1v) is 8.54. The number of nitrogens with two attached hydrogens (primary N) is 1. The summed E-state index contributed by atoms with van der Waals surface area (Å²) in [4.78, 5) is 18.6. The van der Waals surface area contributed by atoms with Crippen LogP contribution in [0.15, 0.2) is 4.52 Å². The van der Waals surface area contributed by atoms with Gasteiger partial charge in [-0.15, -0.1) is 0 Å². The van der Waals surface area contributed by atoms with Gasteiger partial charge in [0.15, 0.2) is 5.82 Å². The predicted molar refractivity (Wildman–Crippen MR) is 85.5 cm³/mol. The van der Waals surface area contributed by atoms with Gasteiger partial charge < -0.3 is 20.5 Å². The van der Waals surface area contributed by atoms with E-state index in [0.29, 0.717) is 18.3 Å². The van der Waals surface area contributed by atoms with Crippen molar-refractivity contribution < 1.29 is 9.32 Å². The summed E-state index contributed by atoms with van der Waals surface area (Å²) >= 11 is 0. The molecular weight excluding hydrogens is 294 g/mol. The zero-order chi connectivity index (χ0) is 16.5. The molecule has 1 aromatic rings. The Morgan fingerprint density at radius 2 is 1.96 bits per heavy atom. The molecule has 1 unspecified atom stereocenters. The second-order valence-electron chi connectivity index (χ2n) is 7.24. The number of carbonyl (C=O) groups is 1. The van der Waals surface area contributed by atoms with Gasteiger partial charge >= 0.3 is 0 Å². The number of aromatic nitrogens is 2. The van der Waals surface area contributed by atoms with Crippen LogP contribution < -0.4 is 11.1 Å². The Balaban J connectivity index is 1.90. The highest BCUT2D eigenvalue weighted by molar-refractivity contribution is 5.74. The SMILES string of the molecule is CC(=O)NC1(c2noc(C3(N)CCN(C)C3)n2)CCCCCC1. The topological polar surface area (TPSA) is 97.3 Å². The van der Waals surface area contributed by atoms with Crippen molar-refractivity contribution in [3.63, 3.8) is 0 Å². The Hall–Kier alpha value is -1.47. The van der Waals surface area contributed by atoms with Crippen molar-refractivity contribution in [1.82, 2.24) is 20.4 Å². The molecule has 0 radical (unpaired) electrons. The molecule has 2 aliphatic rings. The number of hydrogen-bond acceptors (Lipinski definition) is 6. The molecule has 2 heterocycles. The van der Waals surface area contributed by atoms with Crippen molar-refractivity contribution in [3.8, 4) is 0 Å². The van der Waals surface area contributed by atoms with Crippen LogP contribution in [0.5, 0.6) is 0 Å². The van der Waals surface area contributed by atoms with Gasteiger partial charge in [0.1, 0.15) is 11.1 Å². The summed E-state index contributed by atoms with van der Waals surface area (Å²) in [6.07, 6.45) is 6.97. The minimum atomic E-state index is -0.581. The van der Waals surface area contributed by atoms with Crippen molar-refractivity contribution in [2.45, 2.75) is 62.9 Å². The maximum absolute atomic E-state index is 11.7. The molecule has 0 aromatic carbocycles. The van der Waals surface area contributed by atoms with Crippen molar-refractivity contribution in [2.75, 3.05) is 20.1 Å². The number of amides is 1. The molecule has 0 bridgehead atoms. The summed E-state index contributed by atoms with van der Waals surface area (Å²) in [6, 6.07) is 0. The highest BCUT2D eigenvalue weighted by Gasteiger charge is 2.43. The number of nitrogens with one attached hydrogen (secondary N) is 1. The molecule has 128 valence electrons. The van der Waals surface area contributed by atoms with E-state index in [1.165, 1.54) is 12.8 Å². The van der Waals surface area contributed by atoms with E-state index in [9.17, 15) is 4.79 Å².